The molecule has 1 amide bonds. The molecule has 0 atom stereocenters. The highest BCUT2D eigenvalue weighted by molar-refractivity contribution is 5.93. The SMILES string of the molecule is CCOC1CCN(C(=O)c2c[nH]c(C)cc2=O)CC1. The quantitative estimate of drug-likeness (QED) is 0.895. The normalized spacial score (nSPS) is 16.6. The Balaban J connectivity index is 2.03. The summed E-state index contributed by atoms with van der Waals surface area (Å²) in [6.07, 6.45) is 3.42. The third kappa shape index (κ3) is 3.23. The molecule has 5 nitrogen and oxygen atoms in total. The molecule has 1 aromatic rings. The Hall–Kier alpha value is -1.62. The Morgan fingerprint density at radius 1 is 1.47 bits per heavy atom. The number of H-pyrrole nitrogens is 1. The van der Waals surface area contributed by atoms with Gasteiger partial charge in [-0.15, -0.1) is 0 Å². The van der Waals surface area contributed by atoms with Crippen molar-refractivity contribution in [2.24, 2.45) is 0 Å². The maximum absolute atomic E-state index is 12.3. The molecule has 1 aromatic heterocycles. The van der Waals surface area contributed by atoms with Crippen LogP contribution >= 0.6 is 0 Å². The number of carbonyl (C=O) groups excluding carboxylic acids is 1. The number of aromatic amines is 1. The van der Waals surface area contributed by atoms with Gasteiger partial charge in [0.2, 0.25) is 0 Å². The van der Waals surface area contributed by atoms with Crippen LogP contribution < -0.4 is 5.43 Å². The van der Waals surface area contributed by atoms with Gasteiger partial charge in [0.25, 0.3) is 5.91 Å². The standard InChI is InChI=1S/C14H20N2O3/c1-3-19-11-4-6-16(7-5-11)14(18)12-9-15-10(2)8-13(12)17/h8-9,11H,3-7H2,1-2H3,(H,15,17). The van der Waals surface area contributed by atoms with Crippen LogP contribution in [0.25, 0.3) is 0 Å². The first-order chi connectivity index (χ1) is 9.11. The second-order valence-corrected chi connectivity index (χ2v) is 4.84. The number of nitrogens with zero attached hydrogens (tertiary/aromatic N) is 1. The van der Waals surface area contributed by atoms with Crippen LogP contribution in [0, 0.1) is 6.92 Å². The van der Waals surface area contributed by atoms with Crippen LogP contribution in [0.5, 0.6) is 0 Å². The zero-order valence-corrected chi connectivity index (χ0v) is 11.4. The van der Waals surface area contributed by atoms with Crippen LogP contribution in [-0.2, 0) is 4.74 Å². The number of nitrogens with one attached hydrogen (secondary N) is 1. The lowest BCUT2D eigenvalue weighted by Crippen LogP contribution is -2.42. The van der Waals surface area contributed by atoms with Crippen molar-refractivity contribution in [2.45, 2.75) is 32.8 Å². The van der Waals surface area contributed by atoms with E-state index in [1.807, 2.05) is 6.92 Å². The molecule has 1 fully saturated rings. The Morgan fingerprint density at radius 2 is 2.16 bits per heavy atom. The number of carbonyl (C=O) groups is 1. The first kappa shape index (κ1) is 13.8. The minimum Gasteiger partial charge on any atom is -0.378 e. The van der Waals surface area contributed by atoms with E-state index in [0.717, 1.165) is 18.5 Å². The molecule has 0 bridgehead atoms. The van der Waals surface area contributed by atoms with Crippen molar-refractivity contribution in [3.8, 4) is 0 Å². The number of rotatable bonds is 3. The molecular weight excluding hydrogens is 244 g/mol. The molecule has 0 aromatic carbocycles. The first-order valence-electron chi connectivity index (χ1n) is 6.72. The van der Waals surface area contributed by atoms with Gasteiger partial charge in [-0.25, -0.2) is 0 Å². The van der Waals surface area contributed by atoms with E-state index in [2.05, 4.69) is 4.98 Å². The highest BCUT2D eigenvalue weighted by atomic mass is 16.5. The number of pyridine rings is 1. The van der Waals surface area contributed by atoms with E-state index in [9.17, 15) is 9.59 Å². The number of ether oxygens (including phenoxy) is 1. The van der Waals surface area contributed by atoms with E-state index < -0.39 is 0 Å². The lowest BCUT2D eigenvalue weighted by atomic mass is 10.1. The molecular formula is C14H20N2O3. The van der Waals surface area contributed by atoms with E-state index in [-0.39, 0.29) is 23.0 Å². The molecule has 0 unspecified atom stereocenters. The summed E-state index contributed by atoms with van der Waals surface area (Å²) in [5.74, 6) is -0.184. The number of hydrogen-bond acceptors (Lipinski definition) is 3. The molecule has 104 valence electrons. The summed E-state index contributed by atoms with van der Waals surface area (Å²) in [4.78, 5) is 28.7. The number of amides is 1. The topological polar surface area (TPSA) is 62.4 Å². The minimum absolute atomic E-state index is 0.184. The second kappa shape index (κ2) is 6.02. The van der Waals surface area contributed by atoms with Gasteiger partial charge < -0.3 is 14.6 Å². The summed E-state index contributed by atoms with van der Waals surface area (Å²) in [6, 6.07) is 1.46. The zero-order chi connectivity index (χ0) is 13.8. The predicted octanol–water partition coefficient (Wildman–Crippen LogP) is 1.32. The summed E-state index contributed by atoms with van der Waals surface area (Å²) < 4.78 is 5.55. The molecule has 5 heteroatoms. The van der Waals surface area contributed by atoms with Gasteiger partial charge in [-0.2, -0.15) is 0 Å². The van der Waals surface area contributed by atoms with Gasteiger partial charge in [0.1, 0.15) is 5.56 Å². The van der Waals surface area contributed by atoms with Gasteiger partial charge in [-0.3, -0.25) is 9.59 Å². The van der Waals surface area contributed by atoms with Gasteiger partial charge >= 0.3 is 0 Å². The van der Waals surface area contributed by atoms with Crippen LogP contribution in [0.3, 0.4) is 0 Å². The average molecular weight is 264 g/mol. The van der Waals surface area contributed by atoms with Crippen molar-refractivity contribution in [1.29, 1.82) is 0 Å². The minimum atomic E-state index is -0.215. The number of aromatic nitrogens is 1. The third-order valence-corrected chi connectivity index (χ3v) is 3.42. The summed E-state index contributed by atoms with van der Waals surface area (Å²) in [5, 5.41) is 0. The van der Waals surface area contributed by atoms with Crippen molar-refractivity contribution in [2.75, 3.05) is 19.7 Å². The fourth-order valence-corrected chi connectivity index (χ4v) is 2.37. The zero-order valence-electron chi connectivity index (χ0n) is 11.4. The molecule has 1 aliphatic heterocycles. The maximum atomic E-state index is 12.3. The van der Waals surface area contributed by atoms with Crippen LogP contribution in [0.4, 0.5) is 0 Å². The van der Waals surface area contributed by atoms with Gasteiger partial charge in [-0.05, 0) is 26.7 Å². The predicted molar refractivity (Wildman–Crippen MR) is 72.4 cm³/mol. The fourth-order valence-electron chi connectivity index (χ4n) is 2.37. The van der Waals surface area contributed by atoms with Crippen LogP contribution in [0.1, 0.15) is 35.8 Å². The molecule has 1 saturated heterocycles. The van der Waals surface area contributed by atoms with Crippen LogP contribution in [0.2, 0.25) is 0 Å². The molecule has 1 aliphatic rings. The van der Waals surface area contributed by atoms with Gasteiger partial charge in [0, 0.05) is 37.7 Å². The van der Waals surface area contributed by atoms with E-state index in [1.165, 1.54) is 12.3 Å². The first-order valence-corrected chi connectivity index (χ1v) is 6.72. The molecule has 0 saturated carbocycles. The van der Waals surface area contributed by atoms with E-state index in [4.69, 9.17) is 4.74 Å². The highest BCUT2D eigenvalue weighted by Crippen LogP contribution is 2.15. The van der Waals surface area contributed by atoms with E-state index in [0.29, 0.717) is 19.7 Å². The van der Waals surface area contributed by atoms with E-state index in [1.54, 1.807) is 11.8 Å². The fraction of sp³-hybridized carbons (Fsp3) is 0.571. The Bertz CT molecular complexity index is 502. The molecule has 19 heavy (non-hydrogen) atoms. The average Bonchev–Trinajstić information content (AvgIpc) is 2.39. The van der Waals surface area contributed by atoms with Crippen LogP contribution in [-0.4, -0.2) is 41.6 Å². The Morgan fingerprint density at radius 3 is 2.74 bits per heavy atom. The molecule has 1 N–H and O–H groups in total. The van der Waals surface area contributed by atoms with Gasteiger partial charge in [0.15, 0.2) is 5.43 Å². The Labute approximate surface area is 112 Å². The molecule has 0 radical (unpaired) electrons. The van der Waals surface area contributed by atoms with Crippen molar-refractivity contribution < 1.29 is 9.53 Å². The van der Waals surface area contributed by atoms with Crippen molar-refractivity contribution in [1.82, 2.24) is 9.88 Å². The van der Waals surface area contributed by atoms with Crippen molar-refractivity contribution >= 4 is 5.91 Å². The van der Waals surface area contributed by atoms with Crippen molar-refractivity contribution in [3.63, 3.8) is 0 Å². The summed E-state index contributed by atoms with van der Waals surface area (Å²) in [5.41, 5.74) is 0.769. The summed E-state index contributed by atoms with van der Waals surface area (Å²) in [7, 11) is 0. The largest absolute Gasteiger partial charge is 0.378 e. The molecule has 0 spiro atoms. The Kier molecular flexibility index (Phi) is 4.37. The second-order valence-electron chi connectivity index (χ2n) is 4.84. The number of likely N-dealkylation sites (tertiary alicyclic amines) is 1. The monoisotopic (exact) mass is 264 g/mol. The van der Waals surface area contributed by atoms with Crippen LogP contribution in [0.15, 0.2) is 17.1 Å². The molecule has 2 heterocycles. The van der Waals surface area contributed by atoms with E-state index >= 15 is 0 Å². The van der Waals surface area contributed by atoms with Gasteiger partial charge in [-0.1, -0.05) is 0 Å². The van der Waals surface area contributed by atoms with Gasteiger partial charge in [0.05, 0.1) is 6.10 Å². The molecule has 0 aliphatic carbocycles. The smallest absolute Gasteiger partial charge is 0.259 e. The van der Waals surface area contributed by atoms with Crippen molar-refractivity contribution in [3.05, 3.63) is 33.7 Å². The lowest BCUT2D eigenvalue weighted by molar-refractivity contribution is 0.0145. The molecule has 2 rings (SSSR count). The lowest BCUT2D eigenvalue weighted by Gasteiger charge is -2.31. The summed E-state index contributed by atoms with van der Waals surface area (Å²) >= 11 is 0. The number of hydrogen-bond donors (Lipinski definition) is 1. The summed E-state index contributed by atoms with van der Waals surface area (Å²) in [6.45, 7) is 5.77. The number of piperidine rings is 1. The highest BCUT2D eigenvalue weighted by Gasteiger charge is 2.25. The third-order valence-electron chi connectivity index (χ3n) is 3.42. The number of aryl methyl sites for hydroxylation is 1. The maximum Gasteiger partial charge on any atom is 0.259 e.